The van der Waals surface area contributed by atoms with Gasteiger partial charge in [0.05, 0.1) is 11.7 Å². The van der Waals surface area contributed by atoms with Gasteiger partial charge >= 0.3 is 0 Å². The molecule has 2 N–H and O–H groups in total. The minimum atomic E-state index is -0.540. The van der Waals surface area contributed by atoms with Crippen LogP contribution in [0.4, 0.5) is 10.1 Å². The number of thiophene rings is 1. The second kappa shape index (κ2) is 6.32. The number of aliphatic hydroxyl groups excluding tert-OH is 1. The van der Waals surface area contributed by atoms with Gasteiger partial charge in [0.15, 0.2) is 0 Å². The fourth-order valence-corrected chi connectivity index (χ4v) is 2.66. The van der Waals surface area contributed by atoms with Crippen LogP contribution in [0.3, 0.4) is 0 Å². The average molecular weight is 276 g/mol. The van der Waals surface area contributed by atoms with Crippen molar-refractivity contribution < 1.29 is 9.50 Å². The first-order valence-electron chi connectivity index (χ1n) is 5.85. The predicted molar refractivity (Wildman–Crippen MR) is 73.5 cm³/mol. The van der Waals surface area contributed by atoms with E-state index in [1.165, 1.54) is 6.07 Å². The number of rotatable bonds is 5. The van der Waals surface area contributed by atoms with Crippen LogP contribution in [0.5, 0.6) is 0 Å². The molecular formula is C14H13FN2OS. The number of benzene rings is 1. The van der Waals surface area contributed by atoms with Crippen LogP contribution in [0.2, 0.25) is 0 Å². The summed E-state index contributed by atoms with van der Waals surface area (Å²) in [6.45, 7) is 0.0206. The molecule has 0 aliphatic rings. The maximum absolute atomic E-state index is 13.5. The van der Waals surface area contributed by atoms with E-state index in [1.807, 2.05) is 23.6 Å². The van der Waals surface area contributed by atoms with E-state index in [1.54, 1.807) is 23.5 Å². The lowest BCUT2D eigenvalue weighted by molar-refractivity contribution is 0.280. The number of hydrogen-bond acceptors (Lipinski definition) is 4. The molecule has 0 bridgehead atoms. The van der Waals surface area contributed by atoms with Crippen LogP contribution in [0.15, 0.2) is 35.7 Å². The second-order valence-corrected chi connectivity index (χ2v) is 4.98. The molecule has 3 nitrogen and oxygen atoms in total. The lowest BCUT2D eigenvalue weighted by atomic mass is 10.1. The lowest BCUT2D eigenvalue weighted by Crippen LogP contribution is -2.12. The Hall–Kier alpha value is -1.90. The van der Waals surface area contributed by atoms with Gasteiger partial charge in [-0.3, -0.25) is 0 Å². The summed E-state index contributed by atoms with van der Waals surface area (Å²) in [5.41, 5.74) is 0.455. The highest BCUT2D eigenvalue weighted by Gasteiger charge is 2.15. The highest BCUT2D eigenvalue weighted by Crippen LogP contribution is 2.28. The van der Waals surface area contributed by atoms with Crippen molar-refractivity contribution in [2.24, 2.45) is 0 Å². The minimum Gasteiger partial charge on any atom is -0.396 e. The molecule has 0 aliphatic heterocycles. The van der Waals surface area contributed by atoms with Crippen molar-refractivity contribution in [2.45, 2.75) is 12.5 Å². The Balaban J connectivity index is 2.28. The summed E-state index contributed by atoms with van der Waals surface area (Å²) >= 11 is 1.56. The summed E-state index contributed by atoms with van der Waals surface area (Å²) < 4.78 is 13.5. The molecule has 1 atom stereocenters. The predicted octanol–water partition coefficient (Wildman–Crippen LogP) is 3.29. The Labute approximate surface area is 114 Å². The van der Waals surface area contributed by atoms with Crippen molar-refractivity contribution >= 4 is 17.0 Å². The van der Waals surface area contributed by atoms with E-state index in [-0.39, 0.29) is 18.2 Å². The summed E-state index contributed by atoms with van der Waals surface area (Å²) in [6, 6.07) is 10.1. The zero-order valence-electron chi connectivity index (χ0n) is 10.1. The Bertz CT molecular complexity index is 578. The highest BCUT2D eigenvalue weighted by atomic mass is 32.1. The van der Waals surface area contributed by atoms with Gasteiger partial charge < -0.3 is 10.4 Å². The van der Waals surface area contributed by atoms with Gasteiger partial charge in [-0.25, -0.2) is 4.39 Å². The van der Waals surface area contributed by atoms with Gasteiger partial charge in [0.1, 0.15) is 17.4 Å². The fraction of sp³-hybridized carbons (Fsp3) is 0.214. The fourth-order valence-electron chi connectivity index (χ4n) is 1.85. The Morgan fingerprint density at radius 3 is 2.84 bits per heavy atom. The summed E-state index contributed by atoms with van der Waals surface area (Å²) in [6.07, 6.45) is 0.502. The number of hydrogen-bond donors (Lipinski definition) is 2. The van der Waals surface area contributed by atoms with E-state index in [9.17, 15) is 4.39 Å². The van der Waals surface area contributed by atoms with Crippen LogP contribution in [0, 0.1) is 17.1 Å². The minimum absolute atomic E-state index is 0.00185. The number of nitrogens with one attached hydrogen (secondary N) is 1. The number of nitrogens with zero attached hydrogens (tertiary/aromatic N) is 1. The molecule has 1 aromatic carbocycles. The molecule has 0 saturated heterocycles. The van der Waals surface area contributed by atoms with Crippen LogP contribution < -0.4 is 5.32 Å². The third-order valence-electron chi connectivity index (χ3n) is 2.76. The molecule has 0 saturated carbocycles. The molecule has 1 heterocycles. The molecule has 2 aromatic rings. The number of aliphatic hydroxyl groups is 1. The normalized spacial score (nSPS) is 11.8. The van der Waals surface area contributed by atoms with Crippen molar-refractivity contribution in [3.05, 3.63) is 52.0 Å². The molecule has 0 aliphatic carbocycles. The maximum Gasteiger partial charge on any atom is 0.143 e. The van der Waals surface area contributed by atoms with Crippen molar-refractivity contribution in [3.8, 4) is 6.07 Å². The van der Waals surface area contributed by atoms with E-state index in [2.05, 4.69) is 5.32 Å². The van der Waals surface area contributed by atoms with E-state index in [4.69, 9.17) is 10.4 Å². The summed E-state index contributed by atoms with van der Waals surface area (Å²) in [4.78, 5) is 1.04. The summed E-state index contributed by atoms with van der Waals surface area (Å²) in [7, 11) is 0. The number of nitriles is 1. The number of anilines is 1. The van der Waals surface area contributed by atoms with Crippen LogP contribution in [-0.4, -0.2) is 11.7 Å². The topological polar surface area (TPSA) is 56.0 Å². The van der Waals surface area contributed by atoms with Gasteiger partial charge in [0.25, 0.3) is 0 Å². The molecule has 0 amide bonds. The van der Waals surface area contributed by atoms with Crippen molar-refractivity contribution in [3.63, 3.8) is 0 Å². The summed E-state index contributed by atoms with van der Waals surface area (Å²) in [5, 5.41) is 23.2. The van der Waals surface area contributed by atoms with Crippen molar-refractivity contribution in [2.75, 3.05) is 11.9 Å². The van der Waals surface area contributed by atoms with E-state index in [0.29, 0.717) is 12.1 Å². The van der Waals surface area contributed by atoms with Crippen LogP contribution in [0.25, 0.3) is 0 Å². The number of halogens is 1. The highest BCUT2D eigenvalue weighted by molar-refractivity contribution is 7.10. The summed E-state index contributed by atoms with van der Waals surface area (Å²) in [5.74, 6) is -0.540. The van der Waals surface area contributed by atoms with E-state index < -0.39 is 5.82 Å². The van der Waals surface area contributed by atoms with Crippen LogP contribution >= 0.6 is 11.3 Å². The standard InChI is InChI=1S/C14H13FN2OS/c15-11-3-1-4-12(10(11)9-16)17-13(6-7-18)14-5-2-8-19-14/h1-5,8,13,17-18H,6-7H2/t13-/m1/s1. The van der Waals surface area contributed by atoms with Gasteiger partial charge in [-0.15, -0.1) is 11.3 Å². The Morgan fingerprint density at radius 1 is 1.37 bits per heavy atom. The maximum atomic E-state index is 13.5. The van der Waals surface area contributed by atoms with Crippen LogP contribution in [-0.2, 0) is 0 Å². The molecular weight excluding hydrogens is 263 g/mol. The monoisotopic (exact) mass is 276 g/mol. The molecule has 2 rings (SSSR count). The molecule has 5 heteroatoms. The van der Waals surface area contributed by atoms with Gasteiger partial charge in [-0.1, -0.05) is 12.1 Å². The Kier molecular flexibility index (Phi) is 4.50. The van der Waals surface area contributed by atoms with Crippen molar-refractivity contribution in [1.82, 2.24) is 0 Å². The van der Waals surface area contributed by atoms with Gasteiger partial charge in [0.2, 0.25) is 0 Å². The average Bonchev–Trinajstić information content (AvgIpc) is 2.92. The van der Waals surface area contributed by atoms with Crippen molar-refractivity contribution in [1.29, 1.82) is 5.26 Å². The second-order valence-electron chi connectivity index (χ2n) is 4.00. The lowest BCUT2D eigenvalue weighted by Gasteiger charge is -2.18. The van der Waals surface area contributed by atoms with Crippen LogP contribution in [0.1, 0.15) is 22.9 Å². The molecule has 98 valence electrons. The zero-order chi connectivity index (χ0) is 13.7. The first-order chi connectivity index (χ1) is 9.26. The van der Waals surface area contributed by atoms with E-state index >= 15 is 0 Å². The van der Waals surface area contributed by atoms with Gasteiger partial charge in [0, 0.05) is 11.5 Å². The first-order valence-corrected chi connectivity index (χ1v) is 6.73. The molecule has 1 aromatic heterocycles. The molecule has 0 radical (unpaired) electrons. The molecule has 0 fully saturated rings. The zero-order valence-corrected chi connectivity index (χ0v) is 11.0. The molecule has 0 unspecified atom stereocenters. The van der Waals surface area contributed by atoms with Gasteiger partial charge in [-0.2, -0.15) is 5.26 Å². The first kappa shape index (κ1) is 13.5. The largest absolute Gasteiger partial charge is 0.396 e. The quantitative estimate of drug-likeness (QED) is 0.881. The molecule has 0 spiro atoms. The van der Waals surface area contributed by atoms with Gasteiger partial charge in [-0.05, 0) is 30.0 Å². The smallest absolute Gasteiger partial charge is 0.143 e. The third-order valence-corrected chi connectivity index (χ3v) is 3.75. The Morgan fingerprint density at radius 2 is 2.21 bits per heavy atom. The third kappa shape index (κ3) is 3.11. The SMILES string of the molecule is N#Cc1c(F)cccc1N[C@H](CCO)c1cccs1. The van der Waals surface area contributed by atoms with E-state index in [0.717, 1.165) is 4.88 Å². The molecule has 19 heavy (non-hydrogen) atoms.